The molecule has 2 fully saturated rings. The third-order valence-electron chi connectivity index (χ3n) is 3.13. The zero-order valence-electron chi connectivity index (χ0n) is 10.3. The van der Waals surface area contributed by atoms with Gasteiger partial charge >= 0.3 is 0 Å². The molecule has 3 amide bonds. The summed E-state index contributed by atoms with van der Waals surface area (Å²) < 4.78 is 5.36. The summed E-state index contributed by atoms with van der Waals surface area (Å²) in [6, 6.07) is -0.583. The number of nitrogens with zero attached hydrogens (tertiary/aromatic N) is 1. The number of rotatable bonds is 2. The van der Waals surface area contributed by atoms with Gasteiger partial charge in [0.05, 0.1) is 6.61 Å². The van der Waals surface area contributed by atoms with Crippen molar-refractivity contribution in [3.63, 3.8) is 0 Å². The highest BCUT2D eigenvalue weighted by molar-refractivity contribution is 6.04. The number of imide groups is 1. The largest absolute Gasteiger partial charge is 0.366 e. The smallest absolute Gasteiger partial charge is 0.254 e. The minimum Gasteiger partial charge on any atom is -0.366 e. The Kier molecular flexibility index (Phi) is 3.93. The number of hydrogen-bond donors (Lipinski definition) is 2. The molecule has 2 aliphatic heterocycles. The molecule has 2 N–H and O–H groups in total. The fraction of sp³-hybridized carbons (Fsp3) is 0.727. The van der Waals surface area contributed by atoms with Crippen LogP contribution in [0.4, 0.5) is 0 Å². The predicted molar refractivity (Wildman–Crippen MR) is 61.6 cm³/mol. The van der Waals surface area contributed by atoms with Crippen LogP contribution in [0.1, 0.15) is 13.3 Å². The number of amides is 3. The number of hydrogen-bond acceptors (Lipinski definition) is 5. The van der Waals surface area contributed by atoms with E-state index < -0.39 is 24.0 Å². The minimum absolute atomic E-state index is 0.0804. The zero-order chi connectivity index (χ0) is 13.1. The Bertz CT molecular complexity index is 365. The number of ether oxygens (including phenoxy) is 1. The Morgan fingerprint density at radius 3 is 2.89 bits per heavy atom. The number of carbonyl (C=O) groups is 3. The lowest BCUT2D eigenvalue weighted by Crippen LogP contribution is -2.62. The highest BCUT2D eigenvalue weighted by Gasteiger charge is 2.38. The first-order chi connectivity index (χ1) is 8.63. The summed E-state index contributed by atoms with van der Waals surface area (Å²) in [6.45, 7) is 3.31. The van der Waals surface area contributed by atoms with Crippen LogP contribution in [0.5, 0.6) is 0 Å². The Morgan fingerprint density at radius 1 is 1.50 bits per heavy atom. The second-order valence-electron chi connectivity index (χ2n) is 4.37. The average molecular weight is 255 g/mol. The summed E-state index contributed by atoms with van der Waals surface area (Å²) in [5.41, 5.74) is 0. The van der Waals surface area contributed by atoms with Crippen LogP contribution in [0.25, 0.3) is 0 Å². The van der Waals surface area contributed by atoms with Gasteiger partial charge in [-0.2, -0.15) is 0 Å². The van der Waals surface area contributed by atoms with Gasteiger partial charge in [-0.05, 0) is 6.42 Å². The van der Waals surface area contributed by atoms with Gasteiger partial charge in [0.2, 0.25) is 11.8 Å². The topological polar surface area (TPSA) is 87.7 Å². The molecule has 2 atom stereocenters. The molecule has 0 spiro atoms. The Labute approximate surface area is 105 Å². The molecular formula is C11H17N3O4. The molecule has 0 aromatic carbocycles. The van der Waals surface area contributed by atoms with Crippen molar-refractivity contribution < 1.29 is 19.1 Å². The molecule has 7 nitrogen and oxygen atoms in total. The molecule has 7 heteroatoms. The molecule has 0 radical (unpaired) electrons. The third kappa shape index (κ3) is 2.51. The van der Waals surface area contributed by atoms with E-state index in [4.69, 9.17) is 4.74 Å². The molecule has 2 rings (SSSR count). The van der Waals surface area contributed by atoms with Crippen LogP contribution in [0.3, 0.4) is 0 Å². The average Bonchev–Trinajstić information content (AvgIpc) is 2.38. The van der Waals surface area contributed by atoms with Crippen molar-refractivity contribution in [1.29, 1.82) is 0 Å². The number of piperazine rings is 1. The molecule has 2 saturated heterocycles. The van der Waals surface area contributed by atoms with Crippen molar-refractivity contribution in [2.75, 3.05) is 26.2 Å². The van der Waals surface area contributed by atoms with E-state index in [-0.39, 0.29) is 12.5 Å². The van der Waals surface area contributed by atoms with E-state index in [1.165, 1.54) is 4.90 Å². The van der Waals surface area contributed by atoms with E-state index in [0.717, 1.165) is 0 Å². The quantitative estimate of drug-likeness (QED) is 0.571. The lowest BCUT2D eigenvalue weighted by Gasteiger charge is -2.36. The summed E-state index contributed by atoms with van der Waals surface area (Å²) in [5, 5.41) is 5.29. The molecule has 2 aliphatic rings. The molecule has 2 heterocycles. The summed E-state index contributed by atoms with van der Waals surface area (Å²) in [7, 11) is 0. The van der Waals surface area contributed by atoms with Crippen LogP contribution in [0.2, 0.25) is 0 Å². The van der Waals surface area contributed by atoms with E-state index >= 15 is 0 Å². The van der Waals surface area contributed by atoms with Gasteiger partial charge in [0.15, 0.2) is 0 Å². The first kappa shape index (κ1) is 13.0. The Hall–Kier alpha value is -1.47. The maximum absolute atomic E-state index is 12.2. The van der Waals surface area contributed by atoms with E-state index in [1.807, 2.05) is 0 Å². The van der Waals surface area contributed by atoms with Crippen LogP contribution >= 0.6 is 0 Å². The van der Waals surface area contributed by atoms with Gasteiger partial charge in [0.1, 0.15) is 18.7 Å². The van der Waals surface area contributed by atoms with Crippen molar-refractivity contribution >= 4 is 17.7 Å². The molecule has 0 aromatic rings. The van der Waals surface area contributed by atoms with Gasteiger partial charge in [-0.1, -0.05) is 6.92 Å². The summed E-state index contributed by atoms with van der Waals surface area (Å²) in [4.78, 5) is 36.6. The predicted octanol–water partition coefficient (Wildman–Crippen LogP) is -1.76. The van der Waals surface area contributed by atoms with Crippen molar-refractivity contribution in [3.8, 4) is 0 Å². The maximum atomic E-state index is 12.2. The molecule has 100 valence electrons. The Morgan fingerprint density at radius 2 is 2.28 bits per heavy atom. The van der Waals surface area contributed by atoms with E-state index in [0.29, 0.717) is 26.1 Å². The maximum Gasteiger partial charge on any atom is 0.254 e. The normalized spacial score (nSPS) is 29.1. The highest BCUT2D eigenvalue weighted by atomic mass is 16.5. The SMILES string of the molecule is CCC1C(=O)NC(=O)CN1C(=O)C1CNCCO1. The van der Waals surface area contributed by atoms with Crippen molar-refractivity contribution in [2.24, 2.45) is 0 Å². The minimum atomic E-state index is -0.605. The molecule has 0 aliphatic carbocycles. The van der Waals surface area contributed by atoms with E-state index in [1.54, 1.807) is 6.92 Å². The zero-order valence-corrected chi connectivity index (χ0v) is 10.3. The molecule has 2 unspecified atom stereocenters. The van der Waals surface area contributed by atoms with Crippen molar-refractivity contribution in [2.45, 2.75) is 25.5 Å². The molecule has 18 heavy (non-hydrogen) atoms. The van der Waals surface area contributed by atoms with E-state index in [2.05, 4.69) is 10.6 Å². The summed E-state index contributed by atoms with van der Waals surface area (Å²) in [6.07, 6.45) is -0.128. The fourth-order valence-corrected chi connectivity index (χ4v) is 2.21. The van der Waals surface area contributed by atoms with Crippen LogP contribution in [-0.4, -0.2) is 61.0 Å². The molecule has 0 aromatic heterocycles. The first-order valence-corrected chi connectivity index (χ1v) is 6.10. The molecule has 0 saturated carbocycles. The number of nitrogens with one attached hydrogen (secondary N) is 2. The third-order valence-corrected chi connectivity index (χ3v) is 3.13. The second kappa shape index (κ2) is 5.45. The lowest BCUT2D eigenvalue weighted by atomic mass is 10.1. The van der Waals surface area contributed by atoms with Gasteiger partial charge < -0.3 is 15.0 Å². The van der Waals surface area contributed by atoms with Crippen LogP contribution in [-0.2, 0) is 19.1 Å². The van der Waals surface area contributed by atoms with Gasteiger partial charge in [-0.3, -0.25) is 19.7 Å². The molecular weight excluding hydrogens is 238 g/mol. The van der Waals surface area contributed by atoms with Gasteiger partial charge in [0, 0.05) is 13.1 Å². The summed E-state index contributed by atoms with van der Waals surface area (Å²) in [5.74, 6) is -1.15. The first-order valence-electron chi connectivity index (χ1n) is 6.10. The fourth-order valence-electron chi connectivity index (χ4n) is 2.21. The Balaban J connectivity index is 2.10. The standard InChI is InChI=1S/C11H17N3O4/c1-2-7-10(16)13-9(15)6-14(7)11(17)8-5-12-3-4-18-8/h7-8,12H,2-6H2,1H3,(H,13,15,16). The van der Waals surface area contributed by atoms with Crippen molar-refractivity contribution in [3.05, 3.63) is 0 Å². The van der Waals surface area contributed by atoms with Crippen LogP contribution in [0.15, 0.2) is 0 Å². The van der Waals surface area contributed by atoms with Gasteiger partial charge in [-0.15, -0.1) is 0 Å². The summed E-state index contributed by atoms with van der Waals surface area (Å²) >= 11 is 0. The van der Waals surface area contributed by atoms with Gasteiger partial charge in [0.25, 0.3) is 5.91 Å². The second-order valence-corrected chi connectivity index (χ2v) is 4.37. The van der Waals surface area contributed by atoms with Crippen LogP contribution in [0, 0.1) is 0 Å². The highest BCUT2D eigenvalue weighted by Crippen LogP contribution is 2.12. The molecule has 0 bridgehead atoms. The number of carbonyl (C=O) groups excluding carboxylic acids is 3. The monoisotopic (exact) mass is 255 g/mol. The lowest BCUT2D eigenvalue weighted by molar-refractivity contribution is -0.157. The van der Waals surface area contributed by atoms with Gasteiger partial charge in [-0.25, -0.2) is 0 Å². The van der Waals surface area contributed by atoms with Crippen molar-refractivity contribution in [1.82, 2.24) is 15.5 Å². The van der Waals surface area contributed by atoms with Crippen LogP contribution < -0.4 is 10.6 Å². The number of morpholine rings is 1. The van der Waals surface area contributed by atoms with E-state index in [9.17, 15) is 14.4 Å².